The molecular formula is C16H18ClNO2. The fourth-order valence-electron chi connectivity index (χ4n) is 1.93. The summed E-state index contributed by atoms with van der Waals surface area (Å²) in [6.45, 7) is 4.89. The third kappa shape index (κ3) is 3.64. The molecule has 2 rings (SSSR count). The molecule has 0 aliphatic carbocycles. The lowest BCUT2D eigenvalue weighted by Gasteiger charge is -2.14. The Kier molecular flexibility index (Phi) is 5.24. The topological polar surface area (TPSA) is 31.4 Å². The van der Waals surface area contributed by atoms with E-state index in [1.165, 1.54) is 0 Å². The van der Waals surface area contributed by atoms with Gasteiger partial charge in [0.1, 0.15) is 6.61 Å². The molecule has 0 spiro atoms. The summed E-state index contributed by atoms with van der Waals surface area (Å²) in [5.74, 6) is 1.81. The smallest absolute Gasteiger partial charge is 0.166 e. The van der Waals surface area contributed by atoms with Gasteiger partial charge in [-0.1, -0.05) is 18.2 Å². The van der Waals surface area contributed by atoms with Crippen LogP contribution in [0.4, 0.5) is 0 Å². The SMILES string of the molecule is CCOc1cccc(CCl)c1OCc1cccc(C)n1. The highest BCUT2D eigenvalue weighted by Gasteiger charge is 2.11. The zero-order chi connectivity index (χ0) is 14.4. The summed E-state index contributed by atoms with van der Waals surface area (Å²) in [7, 11) is 0. The summed E-state index contributed by atoms with van der Waals surface area (Å²) >= 11 is 5.96. The van der Waals surface area contributed by atoms with Gasteiger partial charge in [0.05, 0.1) is 18.2 Å². The van der Waals surface area contributed by atoms with E-state index in [2.05, 4.69) is 4.98 Å². The minimum Gasteiger partial charge on any atom is -0.490 e. The van der Waals surface area contributed by atoms with Crippen molar-refractivity contribution in [2.24, 2.45) is 0 Å². The maximum atomic E-state index is 5.96. The molecule has 20 heavy (non-hydrogen) atoms. The number of pyridine rings is 1. The van der Waals surface area contributed by atoms with Crippen LogP contribution in [0.25, 0.3) is 0 Å². The number of aryl methyl sites for hydroxylation is 1. The Balaban J connectivity index is 2.19. The Hall–Kier alpha value is -1.74. The third-order valence-corrected chi connectivity index (χ3v) is 3.10. The third-order valence-electron chi connectivity index (χ3n) is 2.81. The van der Waals surface area contributed by atoms with Gasteiger partial charge in [0.2, 0.25) is 0 Å². The second-order valence-electron chi connectivity index (χ2n) is 4.37. The molecule has 0 radical (unpaired) electrons. The number of ether oxygens (including phenoxy) is 2. The van der Waals surface area contributed by atoms with Crippen molar-refractivity contribution in [1.82, 2.24) is 4.98 Å². The van der Waals surface area contributed by atoms with Crippen molar-refractivity contribution in [2.75, 3.05) is 6.61 Å². The summed E-state index contributed by atoms with van der Waals surface area (Å²) in [5, 5.41) is 0. The van der Waals surface area contributed by atoms with Gasteiger partial charge in [-0.15, -0.1) is 11.6 Å². The minimum atomic E-state index is 0.386. The van der Waals surface area contributed by atoms with Crippen molar-refractivity contribution in [2.45, 2.75) is 26.3 Å². The maximum absolute atomic E-state index is 5.96. The number of halogens is 1. The fraction of sp³-hybridized carbons (Fsp3) is 0.312. The molecule has 0 saturated heterocycles. The minimum absolute atomic E-state index is 0.386. The molecular weight excluding hydrogens is 274 g/mol. The molecule has 1 aromatic carbocycles. The lowest BCUT2D eigenvalue weighted by molar-refractivity contribution is 0.264. The number of alkyl halides is 1. The highest BCUT2D eigenvalue weighted by atomic mass is 35.5. The van der Waals surface area contributed by atoms with Gasteiger partial charge < -0.3 is 9.47 Å². The van der Waals surface area contributed by atoms with Gasteiger partial charge in [0.15, 0.2) is 11.5 Å². The van der Waals surface area contributed by atoms with Crippen molar-refractivity contribution in [3.05, 3.63) is 53.3 Å². The van der Waals surface area contributed by atoms with Gasteiger partial charge in [0.25, 0.3) is 0 Å². The number of para-hydroxylation sites is 1. The lowest BCUT2D eigenvalue weighted by atomic mass is 10.2. The molecule has 0 N–H and O–H groups in total. The predicted molar refractivity (Wildman–Crippen MR) is 80.5 cm³/mol. The normalized spacial score (nSPS) is 10.3. The number of benzene rings is 1. The molecule has 106 valence electrons. The highest BCUT2D eigenvalue weighted by molar-refractivity contribution is 6.17. The summed E-state index contributed by atoms with van der Waals surface area (Å²) < 4.78 is 11.5. The summed E-state index contributed by atoms with van der Waals surface area (Å²) in [6.07, 6.45) is 0. The van der Waals surface area contributed by atoms with E-state index in [4.69, 9.17) is 21.1 Å². The molecule has 0 unspecified atom stereocenters. The first kappa shape index (κ1) is 14.7. The van der Waals surface area contributed by atoms with Crippen molar-refractivity contribution in [1.29, 1.82) is 0 Å². The highest BCUT2D eigenvalue weighted by Crippen LogP contribution is 2.33. The average Bonchev–Trinajstić information content (AvgIpc) is 2.46. The molecule has 0 bridgehead atoms. The second kappa shape index (κ2) is 7.15. The van der Waals surface area contributed by atoms with Crippen LogP contribution in [0.3, 0.4) is 0 Å². The van der Waals surface area contributed by atoms with Crippen LogP contribution < -0.4 is 9.47 Å². The van der Waals surface area contributed by atoms with Gasteiger partial charge >= 0.3 is 0 Å². The molecule has 0 fully saturated rings. The number of aromatic nitrogens is 1. The number of hydrogen-bond donors (Lipinski definition) is 0. The van der Waals surface area contributed by atoms with E-state index in [9.17, 15) is 0 Å². The van der Waals surface area contributed by atoms with E-state index < -0.39 is 0 Å². The van der Waals surface area contributed by atoms with Crippen LogP contribution in [0.1, 0.15) is 23.9 Å². The van der Waals surface area contributed by atoms with Crippen LogP contribution in [0.5, 0.6) is 11.5 Å². The number of rotatable bonds is 6. The Bertz CT molecular complexity index is 572. The van der Waals surface area contributed by atoms with Crippen LogP contribution in [0, 0.1) is 6.92 Å². The Morgan fingerprint density at radius 2 is 1.90 bits per heavy atom. The van der Waals surface area contributed by atoms with Crippen LogP contribution in [0.15, 0.2) is 36.4 Å². The van der Waals surface area contributed by atoms with Gasteiger partial charge in [-0.2, -0.15) is 0 Å². The molecule has 0 saturated carbocycles. The molecule has 2 aromatic rings. The summed E-state index contributed by atoms with van der Waals surface area (Å²) in [6, 6.07) is 11.6. The Morgan fingerprint density at radius 1 is 1.10 bits per heavy atom. The number of nitrogens with zero attached hydrogens (tertiary/aromatic N) is 1. The van der Waals surface area contributed by atoms with Crippen LogP contribution in [-0.4, -0.2) is 11.6 Å². The first-order chi connectivity index (χ1) is 9.74. The summed E-state index contributed by atoms with van der Waals surface area (Å²) in [5.41, 5.74) is 2.78. The van der Waals surface area contributed by atoms with Crippen molar-refractivity contribution in [3.63, 3.8) is 0 Å². The van der Waals surface area contributed by atoms with E-state index >= 15 is 0 Å². The van der Waals surface area contributed by atoms with E-state index in [0.717, 1.165) is 22.7 Å². The second-order valence-corrected chi connectivity index (χ2v) is 4.64. The van der Waals surface area contributed by atoms with E-state index in [-0.39, 0.29) is 0 Å². The van der Waals surface area contributed by atoms with Crippen molar-refractivity contribution >= 4 is 11.6 Å². The standard InChI is InChI=1S/C16H18ClNO2/c1-3-19-15-9-5-7-13(10-17)16(15)20-11-14-8-4-6-12(2)18-14/h4-9H,3,10-11H2,1-2H3. The van der Waals surface area contributed by atoms with Crippen LogP contribution in [0.2, 0.25) is 0 Å². The first-order valence-corrected chi connectivity index (χ1v) is 7.14. The number of hydrogen-bond acceptors (Lipinski definition) is 3. The van der Waals surface area contributed by atoms with E-state index in [1.54, 1.807) is 0 Å². The van der Waals surface area contributed by atoms with Crippen molar-refractivity contribution < 1.29 is 9.47 Å². The molecule has 0 amide bonds. The largest absolute Gasteiger partial charge is 0.490 e. The van der Waals surface area contributed by atoms with Crippen molar-refractivity contribution in [3.8, 4) is 11.5 Å². The van der Waals surface area contributed by atoms with Gasteiger partial charge in [-0.05, 0) is 32.0 Å². The average molecular weight is 292 g/mol. The fourth-order valence-corrected chi connectivity index (χ4v) is 2.14. The molecule has 0 atom stereocenters. The molecule has 1 aromatic heterocycles. The summed E-state index contributed by atoms with van der Waals surface area (Å²) in [4.78, 5) is 4.42. The lowest BCUT2D eigenvalue weighted by Crippen LogP contribution is -2.03. The maximum Gasteiger partial charge on any atom is 0.166 e. The Morgan fingerprint density at radius 3 is 2.60 bits per heavy atom. The van der Waals surface area contributed by atoms with Crippen LogP contribution in [-0.2, 0) is 12.5 Å². The zero-order valence-electron chi connectivity index (χ0n) is 11.7. The molecule has 4 heteroatoms. The Labute approximate surface area is 124 Å². The molecule has 3 nitrogen and oxygen atoms in total. The molecule has 0 aliphatic rings. The quantitative estimate of drug-likeness (QED) is 0.751. The zero-order valence-corrected chi connectivity index (χ0v) is 12.5. The van der Waals surface area contributed by atoms with E-state index in [0.29, 0.717) is 24.8 Å². The predicted octanol–water partition coefficient (Wildman–Crippen LogP) is 4.11. The molecule has 1 heterocycles. The van der Waals surface area contributed by atoms with Gasteiger partial charge in [-0.25, -0.2) is 0 Å². The molecule has 0 aliphatic heterocycles. The van der Waals surface area contributed by atoms with Gasteiger partial charge in [0, 0.05) is 11.3 Å². The van der Waals surface area contributed by atoms with Gasteiger partial charge in [-0.3, -0.25) is 4.98 Å². The first-order valence-electron chi connectivity index (χ1n) is 6.60. The monoisotopic (exact) mass is 291 g/mol. The van der Waals surface area contributed by atoms with E-state index in [1.807, 2.05) is 50.2 Å². The van der Waals surface area contributed by atoms with Crippen LogP contribution >= 0.6 is 11.6 Å².